The lowest BCUT2D eigenvalue weighted by atomic mass is 10.00. The van der Waals surface area contributed by atoms with Crippen LogP contribution >= 0.6 is 0 Å². The van der Waals surface area contributed by atoms with Crippen LogP contribution in [0.3, 0.4) is 0 Å². The fraction of sp³-hybridized carbons (Fsp3) is 0.333. The molecule has 0 spiro atoms. The zero-order chi connectivity index (χ0) is 16.8. The van der Waals surface area contributed by atoms with Crippen molar-refractivity contribution in [3.8, 4) is 0 Å². The molecule has 0 unspecified atom stereocenters. The van der Waals surface area contributed by atoms with Crippen LogP contribution in [0.4, 0.5) is 0 Å². The third-order valence-corrected chi connectivity index (χ3v) is 4.55. The molecule has 3 rings (SSSR count). The van der Waals surface area contributed by atoms with Crippen molar-refractivity contribution in [2.24, 2.45) is 0 Å². The van der Waals surface area contributed by atoms with E-state index in [1.54, 1.807) is 12.2 Å². The zero-order valence-corrected chi connectivity index (χ0v) is 14.3. The Kier molecular flexibility index (Phi) is 5.55. The normalized spacial score (nSPS) is 14.9. The molecule has 0 bridgehead atoms. The van der Waals surface area contributed by atoms with Crippen LogP contribution in [-0.4, -0.2) is 24.3 Å². The van der Waals surface area contributed by atoms with Crippen molar-refractivity contribution in [1.82, 2.24) is 9.88 Å². The molecule has 0 aliphatic carbocycles. The van der Waals surface area contributed by atoms with Crippen molar-refractivity contribution in [2.45, 2.75) is 25.8 Å². The van der Waals surface area contributed by atoms with Crippen molar-refractivity contribution in [1.29, 1.82) is 0 Å². The molecule has 0 atom stereocenters. The van der Waals surface area contributed by atoms with Crippen molar-refractivity contribution >= 4 is 10.9 Å². The molecular formula is C21H26N2O. The molecule has 0 fully saturated rings. The molecule has 0 saturated carbocycles. The van der Waals surface area contributed by atoms with Crippen LogP contribution in [0, 0.1) is 0 Å². The first-order chi connectivity index (χ1) is 11.8. The molecule has 126 valence electrons. The Morgan fingerprint density at radius 2 is 2.08 bits per heavy atom. The first kappa shape index (κ1) is 16.6. The minimum Gasteiger partial charge on any atom is -0.494 e. The standard InChI is InChI=1S/C21H26N2O/c1-3-6-19(4-2)24-16-5-14-23-15-11-18-8-7-17-9-12-22-13-10-20(17)21(18)23/h3-4,6-8,11,15,22H,1-2,5,9-10,12-14,16H2/b19-6+. The molecule has 0 saturated heterocycles. The van der Waals surface area contributed by atoms with E-state index in [1.807, 2.05) is 6.08 Å². The number of fused-ring (bicyclic) bond motifs is 3. The number of hydrogen-bond donors (Lipinski definition) is 1. The summed E-state index contributed by atoms with van der Waals surface area (Å²) in [7, 11) is 0. The number of nitrogens with zero attached hydrogens (tertiary/aromatic N) is 1. The lowest BCUT2D eigenvalue weighted by Crippen LogP contribution is -2.16. The van der Waals surface area contributed by atoms with E-state index in [1.165, 1.54) is 22.0 Å². The van der Waals surface area contributed by atoms with E-state index in [-0.39, 0.29) is 0 Å². The van der Waals surface area contributed by atoms with Crippen LogP contribution in [0.25, 0.3) is 10.9 Å². The van der Waals surface area contributed by atoms with Gasteiger partial charge in [-0.05, 0) is 67.1 Å². The van der Waals surface area contributed by atoms with Gasteiger partial charge in [-0.15, -0.1) is 0 Å². The lowest BCUT2D eigenvalue weighted by molar-refractivity contribution is 0.215. The summed E-state index contributed by atoms with van der Waals surface area (Å²) in [6.07, 6.45) is 10.7. The number of aromatic nitrogens is 1. The molecule has 0 amide bonds. The van der Waals surface area contributed by atoms with Crippen molar-refractivity contribution in [3.63, 3.8) is 0 Å². The maximum absolute atomic E-state index is 5.72. The van der Waals surface area contributed by atoms with Gasteiger partial charge in [-0.25, -0.2) is 0 Å². The Balaban J connectivity index is 1.72. The monoisotopic (exact) mass is 322 g/mol. The molecule has 24 heavy (non-hydrogen) atoms. The van der Waals surface area contributed by atoms with Gasteiger partial charge in [-0.2, -0.15) is 0 Å². The molecule has 0 radical (unpaired) electrons. The highest BCUT2D eigenvalue weighted by atomic mass is 16.5. The summed E-state index contributed by atoms with van der Waals surface area (Å²) in [5.74, 6) is 0.780. The minimum absolute atomic E-state index is 0.682. The van der Waals surface area contributed by atoms with Gasteiger partial charge < -0.3 is 14.6 Å². The quantitative estimate of drug-likeness (QED) is 0.474. The highest BCUT2D eigenvalue weighted by Crippen LogP contribution is 2.26. The molecule has 3 heteroatoms. The molecule has 2 aromatic rings. The number of benzene rings is 1. The maximum atomic E-state index is 5.72. The minimum atomic E-state index is 0.682. The molecule has 2 heterocycles. The molecule has 3 nitrogen and oxygen atoms in total. The Morgan fingerprint density at radius 3 is 2.92 bits per heavy atom. The molecule has 1 aliphatic rings. The van der Waals surface area contributed by atoms with E-state index in [4.69, 9.17) is 4.74 Å². The molecule has 1 aliphatic heterocycles. The third-order valence-electron chi connectivity index (χ3n) is 4.55. The van der Waals surface area contributed by atoms with Crippen LogP contribution < -0.4 is 5.32 Å². The van der Waals surface area contributed by atoms with Gasteiger partial charge in [-0.3, -0.25) is 0 Å². The largest absolute Gasteiger partial charge is 0.494 e. The summed E-state index contributed by atoms with van der Waals surface area (Å²) in [5.41, 5.74) is 4.41. The van der Waals surface area contributed by atoms with Gasteiger partial charge in [0.15, 0.2) is 0 Å². The van der Waals surface area contributed by atoms with Crippen LogP contribution in [-0.2, 0) is 24.1 Å². The van der Waals surface area contributed by atoms with Gasteiger partial charge in [0.2, 0.25) is 0 Å². The number of ether oxygens (including phenoxy) is 1. The SMILES string of the molecule is C=C/C=C(\C=C)OCCCn1ccc2ccc3c(c21)CCNCC3. The van der Waals surface area contributed by atoms with Crippen LogP contribution in [0.15, 0.2) is 61.5 Å². The average molecular weight is 322 g/mol. The summed E-state index contributed by atoms with van der Waals surface area (Å²) < 4.78 is 8.11. The highest BCUT2D eigenvalue weighted by Gasteiger charge is 2.13. The highest BCUT2D eigenvalue weighted by molar-refractivity contribution is 5.84. The first-order valence-electron chi connectivity index (χ1n) is 8.71. The smallest absolute Gasteiger partial charge is 0.118 e. The number of nitrogens with one attached hydrogen (secondary N) is 1. The van der Waals surface area contributed by atoms with Gasteiger partial charge in [0.05, 0.1) is 12.1 Å². The van der Waals surface area contributed by atoms with Gasteiger partial charge >= 0.3 is 0 Å². The third kappa shape index (κ3) is 3.62. The number of allylic oxidation sites excluding steroid dienone is 3. The van der Waals surface area contributed by atoms with Crippen molar-refractivity contribution in [2.75, 3.05) is 19.7 Å². The number of rotatable bonds is 7. The predicted molar refractivity (Wildman–Crippen MR) is 101 cm³/mol. The lowest BCUT2D eigenvalue weighted by Gasteiger charge is -2.13. The van der Waals surface area contributed by atoms with E-state index < -0.39 is 0 Å². The first-order valence-corrected chi connectivity index (χ1v) is 8.71. The zero-order valence-electron chi connectivity index (χ0n) is 14.3. The van der Waals surface area contributed by atoms with Gasteiger partial charge in [0.25, 0.3) is 0 Å². The fourth-order valence-corrected chi connectivity index (χ4v) is 3.39. The van der Waals surface area contributed by atoms with E-state index in [0.29, 0.717) is 6.61 Å². The predicted octanol–water partition coefficient (Wildman–Crippen LogP) is 3.99. The van der Waals surface area contributed by atoms with Gasteiger partial charge in [0.1, 0.15) is 5.76 Å². The average Bonchev–Trinajstić information content (AvgIpc) is 2.86. The maximum Gasteiger partial charge on any atom is 0.118 e. The summed E-state index contributed by atoms with van der Waals surface area (Å²) in [6, 6.07) is 6.78. The van der Waals surface area contributed by atoms with Crippen LogP contribution in [0.2, 0.25) is 0 Å². The summed E-state index contributed by atoms with van der Waals surface area (Å²) >= 11 is 0. The van der Waals surface area contributed by atoms with Crippen molar-refractivity contribution < 1.29 is 4.74 Å². The van der Waals surface area contributed by atoms with E-state index in [0.717, 1.165) is 44.7 Å². The Hall–Kier alpha value is -2.26. The Morgan fingerprint density at radius 1 is 1.21 bits per heavy atom. The Bertz CT molecular complexity index is 755. The number of hydrogen-bond acceptors (Lipinski definition) is 2. The topological polar surface area (TPSA) is 26.2 Å². The van der Waals surface area contributed by atoms with Crippen molar-refractivity contribution in [3.05, 3.63) is 72.7 Å². The van der Waals surface area contributed by atoms with E-state index in [2.05, 4.69) is 47.4 Å². The van der Waals surface area contributed by atoms with Crippen LogP contribution in [0.5, 0.6) is 0 Å². The molecule has 1 aromatic carbocycles. The number of aryl methyl sites for hydroxylation is 1. The Labute approximate surface area is 144 Å². The fourth-order valence-electron chi connectivity index (χ4n) is 3.39. The molecule has 1 N–H and O–H groups in total. The summed E-state index contributed by atoms with van der Waals surface area (Å²) in [4.78, 5) is 0. The second-order valence-electron chi connectivity index (χ2n) is 6.11. The van der Waals surface area contributed by atoms with Crippen LogP contribution in [0.1, 0.15) is 17.5 Å². The summed E-state index contributed by atoms with van der Waals surface area (Å²) in [6.45, 7) is 11.2. The summed E-state index contributed by atoms with van der Waals surface area (Å²) in [5, 5.41) is 4.84. The second-order valence-corrected chi connectivity index (χ2v) is 6.11. The van der Waals surface area contributed by atoms with Gasteiger partial charge in [0, 0.05) is 12.7 Å². The molecular weight excluding hydrogens is 296 g/mol. The van der Waals surface area contributed by atoms with Gasteiger partial charge in [-0.1, -0.05) is 31.4 Å². The van der Waals surface area contributed by atoms with E-state index in [9.17, 15) is 0 Å². The molecule has 1 aromatic heterocycles. The van der Waals surface area contributed by atoms with E-state index >= 15 is 0 Å². The second kappa shape index (κ2) is 8.02.